The fraction of sp³-hybridized carbons (Fsp3) is 0.533. The van der Waals surface area contributed by atoms with Gasteiger partial charge in [-0.1, -0.05) is 12.8 Å². The van der Waals surface area contributed by atoms with E-state index in [1.165, 1.54) is 21.3 Å². The number of rotatable bonds is 6. The number of hydrogen-bond acceptors (Lipinski definition) is 6. The van der Waals surface area contributed by atoms with Gasteiger partial charge in [-0.3, -0.25) is 4.89 Å². The number of methoxy groups -OCH3 is 3. The molecule has 1 fully saturated rings. The molecule has 2 rings (SSSR count). The molecule has 0 unspecified atom stereocenters. The van der Waals surface area contributed by atoms with Crippen LogP contribution >= 0.6 is 0 Å². The largest absolute Gasteiger partial charge is 0.493 e. The number of benzene rings is 1. The second-order valence-corrected chi connectivity index (χ2v) is 4.76. The molecule has 6 nitrogen and oxygen atoms in total. The SMILES string of the molecule is COc1ccc(C(=O)OOC2CCCC2)c(OC)c1OC. The van der Waals surface area contributed by atoms with Crippen molar-refractivity contribution >= 4 is 5.97 Å². The minimum absolute atomic E-state index is 0.0138. The topological polar surface area (TPSA) is 63.2 Å². The van der Waals surface area contributed by atoms with Gasteiger partial charge in [0.1, 0.15) is 11.7 Å². The first-order valence-corrected chi connectivity index (χ1v) is 6.87. The monoisotopic (exact) mass is 296 g/mol. The smallest absolute Gasteiger partial charge is 0.376 e. The first-order valence-electron chi connectivity index (χ1n) is 6.87. The van der Waals surface area contributed by atoms with Gasteiger partial charge in [0.05, 0.1) is 21.3 Å². The molecule has 6 heteroatoms. The Bertz CT molecular complexity index is 493. The average Bonchev–Trinajstić information content (AvgIpc) is 3.04. The Balaban J connectivity index is 2.15. The molecule has 0 N–H and O–H groups in total. The maximum absolute atomic E-state index is 12.1. The van der Waals surface area contributed by atoms with Crippen LogP contribution < -0.4 is 14.2 Å². The Kier molecular flexibility index (Phi) is 5.27. The molecule has 1 aromatic rings. The van der Waals surface area contributed by atoms with E-state index in [1.807, 2.05) is 0 Å². The van der Waals surface area contributed by atoms with Crippen molar-refractivity contribution in [2.24, 2.45) is 0 Å². The third-order valence-electron chi connectivity index (χ3n) is 3.49. The number of carbonyl (C=O) groups excluding carboxylic acids is 1. The van der Waals surface area contributed by atoms with E-state index in [9.17, 15) is 4.79 Å². The Morgan fingerprint density at radius 2 is 1.67 bits per heavy atom. The van der Waals surface area contributed by atoms with Gasteiger partial charge in [-0.2, -0.15) is 4.89 Å². The highest BCUT2D eigenvalue weighted by atomic mass is 17.2. The second-order valence-electron chi connectivity index (χ2n) is 4.76. The highest BCUT2D eigenvalue weighted by molar-refractivity contribution is 5.93. The van der Waals surface area contributed by atoms with E-state index in [-0.39, 0.29) is 17.4 Å². The van der Waals surface area contributed by atoms with E-state index < -0.39 is 5.97 Å². The maximum atomic E-state index is 12.1. The molecule has 0 atom stereocenters. The lowest BCUT2D eigenvalue weighted by Crippen LogP contribution is -2.14. The van der Waals surface area contributed by atoms with E-state index in [0.29, 0.717) is 11.5 Å². The maximum Gasteiger partial charge on any atom is 0.376 e. The molecule has 21 heavy (non-hydrogen) atoms. The van der Waals surface area contributed by atoms with Crippen LogP contribution in [0.25, 0.3) is 0 Å². The second kappa shape index (κ2) is 7.17. The highest BCUT2D eigenvalue weighted by Crippen LogP contribution is 2.40. The van der Waals surface area contributed by atoms with Crippen LogP contribution in [0.15, 0.2) is 12.1 Å². The third kappa shape index (κ3) is 3.39. The molecule has 1 aromatic carbocycles. The third-order valence-corrected chi connectivity index (χ3v) is 3.49. The standard InChI is InChI=1S/C15H20O6/c1-17-12-9-8-11(13(18-2)14(12)19-3)15(16)21-20-10-6-4-5-7-10/h8-10H,4-7H2,1-3H3. The van der Waals surface area contributed by atoms with Crippen LogP contribution in [0, 0.1) is 0 Å². The molecule has 1 aliphatic rings. The molecule has 0 aliphatic heterocycles. The van der Waals surface area contributed by atoms with Crippen LogP contribution in [0.4, 0.5) is 0 Å². The summed E-state index contributed by atoms with van der Waals surface area (Å²) in [6.07, 6.45) is 4.01. The van der Waals surface area contributed by atoms with Crippen molar-refractivity contribution in [2.75, 3.05) is 21.3 Å². The fourth-order valence-corrected chi connectivity index (χ4v) is 2.40. The lowest BCUT2D eigenvalue weighted by molar-refractivity contribution is -0.272. The van der Waals surface area contributed by atoms with Gasteiger partial charge in [-0.25, -0.2) is 4.79 Å². The van der Waals surface area contributed by atoms with Crippen molar-refractivity contribution in [2.45, 2.75) is 31.8 Å². The highest BCUT2D eigenvalue weighted by Gasteiger charge is 2.24. The van der Waals surface area contributed by atoms with Crippen LogP contribution in [0.5, 0.6) is 17.2 Å². The summed E-state index contributed by atoms with van der Waals surface area (Å²) in [5.41, 5.74) is 0.230. The summed E-state index contributed by atoms with van der Waals surface area (Å²) < 4.78 is 15.6. The summed E-state index contributed by atoms with van der Waals surface area (Å²) in [7, 11) is 4.44. The minimum Gasteiger partial charge on any atom is -0.493 e. The van der Waals surface area contributed by atoms with Gasteiger partial charge in [0.15, 0.2) is 11.5 Å². The number of hydrogen-bond donors (Lipinski definition) is 0. The molecule has 116 valence electrons. The molecule has 0 saturated heterocycles. The van der Waals surface area contributed by atoms with Gasteiger partial charge in [0.25, 0.3) is 0 Å². The summed E-state index contributed by atoms with van der Waals surface area (Å²) >= 11 is 0. The predicted molar refractivity (Wildman–Crippen MR) is 74.9 cm³/mol. The van der Waals surface area contributed by atoms with Crippen molar-refractivity contribution in [3.8, 4) is 17.2 Å². The van der Waals surface area contributed by atoms with Crippen molar-refractivity contribution in [3.05, 3.63) is 17.7 Å². The number of carbonyl (C=O) groups is 1. The Morgan fingerprint density at radius 1 is 1.00 bits per heavy atom. The minimum atomic E-state index is -0.611. The molecule has 0 radical (unpaired) electrons. The molecular weight excluding hydrogens is 276 g/mol. The van der Waals surface area contributed by atoms with Crippen LogP contribution in [0.2, 0.25) is 0 Å². The quantitative estimate of drug-likeness (QED) is 0.594. The summed E-state index contributed by atoms with van der Waals surface area (Å²) in [6, 6.07) is 3.17. The average molecular weight is 296 g/mol. The molecule has 0 heterocycles. The van der Waals surface area contributed by atoms with Crippen molar-refractivity contribution in [1.82, 2.24) is 0 Å². The van der Waals surface area contributed by atoms with Crippen LogP contribution in [0.3, 0.4) is 0 Å². The lowest BCUT2D eigenvalue weighted by atomic mass is 10.1. The Hall–Kier alpha value is -1.95. The van der Waals surface area contributed by atoms with Crippen LogP contribution in [-0.2, 0) is 9.78 Å². The molecule has 1 saturated carbocycles. The van der Waals surface area contributed by atoms with E-state index in [1.54, 1.807) is 12.1 Å². The first kappa shape index (κ1) is 15.4. The fourth-order valence-electron chi connectivity index (χ4n) is 2.40. The summed E-state index contributed by atoms with van der Waals surface area (Å²) in [6.45, 7) is 0. The molecule has 0 aromatic heterocycles. The van der Waals surface area contributed by atoms with Gasteiger partial charge in [0.2, 0.25) is 5.75 Å². The van der Waals surface area contributed by atoms with Gasteiger partial charge in [0, 0.05) is 0 Å². The van der Waals surface area contributed by atoms with Crippen molar-refractivity contribution < 1.29 is 28.8 Å². The van der Waals surface area contributed by atoms with Crippen molar-refractivity contribution in [1.29, 1.82) is 0 Å². The molecule has 0 bridgehead atoms. The van der Waals surface area contributed by atoms with E-state index in [0.717, 1.165) is 25.7 Å². The molecular formula is C15H20O6. The molecule has 1 aliphatic carbocycles. The Labute approximate surface area is 123 Å². The van der Waals surface area contributed by atoms with E-state index in [4.69, 9.17) is 24.0 Å². The molecule has 0 spiro atoms. The van der Waals surface area contributed by atoms with E-state index >= 15 is 0 Å². The predicted octanol–water partition coefficient (Wildman–Crippen LogP) is 2.74. The van der Waals surface area contributed by atoms with Gasteiger partial charge >= 0.3 is 5.97 Å². The van der Waals surface area contributed by atoms with Gasteiger partial charge < -0.3 is 14.2 Å². The summed E-state index contributed by atoms with van der Waals surface area (Å²) in [5.74, 6) is 0.467. The van der Waals surface area contributed by atoms with E-state index in [2.05, 4.69) is 0 Å². The zero-order chi connectivity index (χ0) is 15.2. The molecule has 0 amide bonds. The van der Waals surface area contributed by atoms with Crippen LogP contribution in [0.1, 0.15) is 36.0 Å². The van der Waals surface area contributed by atoms with Gasteiger partial charge in [-0.05, 0) is 25.0 Å². The Morgan fingerprint density at radius 3 is 2.24 bits per heavy atom. The van der Waals surface area contributed by atoms with Crippen molar-refractivity contribution in [3.63, 3.8) is 0 Å². The van der Waals surface area contributed by atoms with Gasteiger partial charge in [-0.15, -0.1) is 0 Å². The number of ether oxygens (including phenoxy) is 3. The zero-order valence-electron chi connectivity index (χ0n) is 12.5. The normalized spacial score (nSPS) is 14.8. The summed E-state index contributed by atoms with van der Waals surface area (Å²) in [4.78, 5) is 22.2. The summed E-state index contributed by atoms with van der Waals surface area (Å²) in [5, 5.41) is 0. The lowest BCUT2D eigenvalue weighted by Gasteiger charge is -2.15. The van der Waals surface area contributed by atoms with Crippen LogP contribution in [-0.4, -0.2) is 33.4 Å². The zero-order valence-corrected chi connectivity index (χ0v) is 12.5. The first-order chi connectivity index (χ1) is 10.2.